The van der Waals surface area contributed by atoms with Gasteiger partial charge >= 0.3 is 0 Å². The van der Waals surface area contributed by atoms with Crippen molar-refractivity contribution in [2.45, 2.75) is 31.2 Å². The van der Waals surface area contributed by atoms with E-state index in [9.17, 15) is 8.42 Å². The Kier molecular flexibility index (Phi) is 5.67. The Bertz CT molecular complexity index is 1110. The molecule has 0 N–H and O–H groups in total. The van der Waals surface area contributed by atoms with Crippen LogP contribution < -0.4 is 0 Å². The van der Waals surface area contributed by atoms with Crippen molar-refractivity contribution in [3.8, 4) is 0 Å². The van der Waals surface area contributed by atoms with Gasteiger partial charge in [0.15, 0.2) is 5.65 Å². The lowest BCUT2D eigenvalue weighted by atomic mass is 10.0. The van der Waals surface area contributed by atoms with E-state index < -0.39 is 10.0 Å². The fourth-order valence-corrected chi connectivity index (χ4v) is 5.58. The molecular weight excluding hydrogens is 388 g/mol. The van der Waals surface area contributed by atoms with Crippen molar-refractivity contribution in [3.05, 3.63) is 54.0 Å². The van der Waals surface area contributed by atoms with Gasteiger partial charge < -0.3 is 9.30 Å². The van der Waals surface area contributed by atoms with Crippen LogP contribution in [0, 0.1) is 12.8 Å². The van der Waals surface area contributed by atoms with Gasteiger partial charge in [-0.25, -0.2) is 18.4 Å². The fraction of sp³-hybridized carbons (Fsp3) is 0.429. The summed E-state index contributed by atoms with van der Waals surface area (Å²) < 4.78 is 35.0. The third-order valence-electron chi connectivity index (χ3n) is 5.45. The first-order valence-corrected chi connectivity index (χ1v) is 11.3. The first kappa shape index (κ1) is 20.0. The Hall–Kier alpha value is -2.29. The minimum Gasteiger partial charge on any atom is -0.383 e. The van der Waals surface area contributed by atoms with Crippen molar-refractivity contribution in [1.82, 2.24) is 18.8 Å². The highest BCUT2D eigenvalue weighted by atomic mass is 32.2. The van der Waals surface area contributed by atoms with Crippen LogP contribution in [-0.2, 0) is 27.7 Å². The summed E-state index contributed by atoms with van der Waals surface area (Å²) in [5, 5.41) is 0. The number of sulfonamides is 1. The largest absolute Gasteiger partial charge is 0.383 e. The number of hydrogen-bond acceptors (Lipinski definition) is 5. The highest BCUT2D eigenvalue weighted by Crippen LogP contribution is 2.27. The molecule has 0 amide bonds. The third-order valence-corrected chi connectivity index (χ3v) is 7.31. The molecule has 154 valence electrons. The van der Waals surface area contributed by atoms with Gasteiger partial charge in [0, 0.05) is 39.4 Å². The number of ether oxygens (including phenoxy) is 1. The summed E-state index contributed by atoms with van der Waals surface area (Å²) in [5.41, 5.74) is 2.66. The van der Waals surface area contributed by atoms with Gasteiger partial charge in [-0.1, -0.05) is 12.1 Å². The van der Waals surface area contributed by atoms with Crippen molar-refractivity contribution in [2.24, 2.45) is 5.92 Å². The van der Waals surface area contributed by atoms with Gasteiger partial charge in [0.2, 0.25) is 10.0 Å². The quantitative estimate of drug-likeness (QED) is 0.594. The van der Waals surface area contributed by atoms with Crippen molar-refractivity contribution in [3.63, 3.8) is 0 Å². The van der Waals surface area contributed by atoms with E-state index in [0.717, 1.165) is 35.4 Å². The lowest BCUT2D eigenvalue weighted by Gasteiger charge is -2.17. The van der Waals surface area contributed by atoms with Gasteiger partial charge in [-0.15, -0.1) is 0 Å². The molecule has 4 rings (SSSR count). The molecule has 8 heteroatoms. The lowest BCUT2D eigenvalue weighted by molar-refractivity contribution is 0.187. The summed E-state index contributed by atoms with van der Waals surface area (Å²) in [6, 6.07) is 10.9. The number of methoxy groups -OCH3 is 1. The van der Waals surface area contributed by atoms with Crippen LogP contribution in [0.5, 0.6) is 0 Å². The van der Waals surface area contributed by atoms with Crippen molar-refractivity contribution >= 4 is 21.2 Å². The van der Waals surface area contributed by atoms with Crippen LogP contribution in [0.1, 0.15) is 17.8 Å². The van der Waals surface area contributed by atoms with Crippen molar-refractivity contribution in [2.75, 3.05) is 26.8 Å². The summed E-state index contributed by atoms with van der Waals surface area (Å²) in [7, 11) is -1.78. The summed E-state index contributed by atoms with van der Waals surface area (Å²) in [4.78, 5) is 9.60. The average molecular weight is 415 g/mol. The molecule has 1 aliphatic heterocycles. The maximum absolute atomic E-state index is 13.0. The molecule has 0 unspecified atom stereocenters. The van der Waals surface area contributed by atoms with E-state index in [0.29, 0.717) is 31.1 Å². The van der Waals surface area contributed by atoms with Crippen LogP contribution in [0.25, 0.3) is 11.2 Å². The predicted octanol–water partition coefficient (Wildman–Crippen LogP) is 2.64. The van der Waals surface area contributed by atoms with Crippen LogP contribution in [0.15, 0.2) is 47.5 Å². The van der Waals surface area contributed by atoms with E-state index in [2.05, 4.69) is 9.55 Å². The number of benzene rings is 1. The highest BCUT2D eigenvalue weighted by molar-refractivity contribution is 7.89. The highest BCUT2D eigenvalue weighted by Gasteiger charge is 2.33. The molecule has 0 saturated carbocycles. The van der Waals surface area contributed by atoms with Crippen LogP contribution in [0.2, 0.25) is 0 Å². The Morgan fingerprint density at radius 1 is 1.24 bits per heavy atom. The van der Waals surface area contributed by atoms with Gasteiger partial charge in [-0.2, -0.15) is 4.31 Å². The molecule has 1 atom stereocenters. The Morgan fingerprint density at radius 2 is 2.10 bits per heavy atom. The van der Waals surface area contributed by atoms with Crippen LogP contribution in [0.3, 0.4) is 0 Å². The summed E-state index contributed by atoms with van der Waals surface area (Å²) in [6.07, 6.45) is 3.31. The normalized spacial score (nSPS) is 17.9. The Morgan fingerprint density at radius 3 is 2.90 bits per heavy atom. The standard InChI is InChI=1S/C21H26N4O3S/c1-16-5-3-6-18(13-16)29(26,27)24-10-8-17(15-24)14-20-23-19-7-4-9-22-21(19)25(20)11-12-28-2/h3-7,9,13,17H,8,10-12,14-15H2,1-2H3/t17-/m0/s1. The molecular formula is C21H26N4O3S. The molecule has 1 aromatic carbocycles. The van der Waals surface area contributed by atoms with E-state index >= 15 is 0 Å². The van der Waals surface area contributed by atoms with Crippen molar-refractivity contribution in [1.29, 1.82) is 0 Å². The Balaban J connectivity index is 1.53. The summed E-state index contributed by atoms with van der Waals surface area (Å²) in [5.74, 6) is 1.17. The van der Waals surface area contributed by atoms with Gasteiger partial charge in [-0.05, 0) is 49.1 Å². The molecule has 0 radical (unpaired) electrons. The lowest BCUT2D eigenvalue weighted by Crippen LogP contribution is -2.29. The number of fused-ring (bicyclic) bond motifs is 1. The number of aryl methyl sites for hydroxylation is 1. The molecule has 2 aromatic heterocycles. The number of hydrogen-bond donors (Lipinski definition) is 0. The van der Waals surface area contributed by atoms with E-state index in [1.54, 1.807) is 35.8 Å². The van der Waals surface area contributed by atoms with Crippen LogP contribution in [0.4, 0.5) is 0 Å². The number of rotatable bonds is 7. The number of nitrogens with zero attached hydrogens (tertiary/aromatic N) is 4. The van der Waals surface area contributed by atoms with Crippen LogP contribution >= 0.6 is 0 Å². The maximum atomic E-state index is 13.0. The minimum atomic E-state index is -3.46. The Labute approximate surface area is 171 Å². The first-order valence-electron chi connectivity index (χ1n) is 9.85. The summed E-state index contributed by atoms with van der Waals surface area (Å²) in [6.45, 7) is 4.21. The molecule has 29 heavy (non-hydrogen) atoms. The second kappa shape index (κ2) is 8.22. The minimum absolute atomic E-state index is 0.229. The molecule has 0 bridgehead atoms. The fourth-order valence-electron chi connectivity index (χ4n) is 3.94. The monoisotopic (exact) mass is 414 g/mol. The van der Waals surface area contributed by atoms with Gasteiger partial charge in [0.05, 0.1) is 11.5 Å². The number of pyridine rings is 1. The predicted molar refractivity (Wildman–Crippen MR) is 111 cm³/mol. The maximum Gasteiger partial charge on any atom is 0.243 e. The number of aromatic nitrogens is 3. The van der Waals surface area contributed by atoms with Gasteiger partial charge in [0.1, 0.15) is 11.3 Å². The molecule has 3 heterocycles. The van der Waals surface area contributed by atoms with E-state index in [4.69, 9.17) is 9.72 Å². The van der Waals surface area contributed by atoms with Crippen molar-refractivity contribution < 1.29 is 13.2 Å². The molecule has 1 saturated heterocycles. The first-order chi connectivity index (χ1) is 14.0. The number of imidazole rings is 1. The summed E-state index contributed by atoms with van der Waals surface area (Å²) >= 11 is 0. The topological polar surface area (TPSA) is 77.3 Å². The zero-order valence-electron chi connectivity index (χ0n) is 16.8. The smallest absolute Gasteiger partial charge is 0.243 e. The molecule has 1 aliphatic rings. The SMILES string of the molecule is COCCn1c(C[C@@H]2CCN(S(=O)(=O)c3cccc(C)c3)C2)nc2cccnc21. The molecule has 1 fully saturated rings. The second-order valence-electron chi connectivity index (χ2n) is 7.56. The van der Waals surface area contributed by atoms with E-state index in [1.165, 1.54) is 0 Å². The third kappa shape index (κ3) is 4.05. The van der Waals surface area contributed by atoms with E-state index in [1.807, 2.05) is 25.1 Å². The molecule has 3 aromatic rings. The van der Waals surface area contributed by atoms with Gasteiger partial charge in [-0.3, -0.25) is 0 Å². The van der Waals surface area contributed by atoms with Crippen LogP contribution in [-0.4, -0.2) is 54.1 Å². The zero-order valence-corrected chi connectivity index (χ0v) is 17.6. The zero-order chi connectivity index (χ0) is 20.4. The second-order valence-corrected chi connectivity index (χ2v) is 9.49. The average Bonchev–Trinajstić information content (AvgIpc) is 3.31. The van der Waals surface area contributed by atoms with E-state index in [-0.39, 0.29) is 5.92 Å². The molecule has 7 nitrogen and oxygen atoms in total. The molecule has 0 aliphatic carbocycles. The van der Waals surface area contributed by atoms with Gasteiger partial charge in [0.25, 0.3) is 0 Å². The molecule has 0 spiro atoms.